The minimum Gasteiger partial charge on any atom is -0.314 e. The Labute approximate surface area is 114 Å². The number of nitrogens with one attached hydrogen (secondary N) is 2. The quantitative estimate of drug-likeness (QED) is 0.778. The topological polar surface area (TPSA) is 37.0 Å². The summed E-state index contributed by atoms with van der Waals surface area (Å²) in [7, 11) is 0. The van der Waals surface area contributed by atoms with Gasteiger partial charge in [0.15, 0.2) is 0 Å². The van der Waals surface area contributed by atoms with Crippen molar-refractivity contribution in [2.45, 2.75) is 57.5 Å². The standard InChI is InChI=1S/C14H25N3S/c1-14(2,13-16-10-11-18-13)17-9-5-7-12-6-3-4-8-15-12/h10-12,15,17H,3-9H2,1-2H3. The van der Waals surface area contributed by atoms with Crippen LogP contribution in [-0.4, -0.2) is 24.1 Å². The van der Waals surface area contributed by atoms with Crippen molar-refractivity contribution in [2.24, 2.45) is 0 Å². The third-order valence-corrected chi connectivity index (χ3v) is 4.77. The molecule has 0 saturated carbocycles. The van der Waals surface area contributed by atoms with E-state index < -0.39 is 0 Å². The van der Waals surface area contributed by atoms with Gasteiger partial charge in [-0.05, 0) is 52.6 Å². The highest BCUT2D eigenvalue weighted by atomic mass is 32.1. The van der Waals surface area contributed by atoms with E-state index in [1.54, 1.807) is 11.3 Å². The predicted molar refractivity (Wildman–Crippen MR) is 78.0 cm³/mol. The smallest absolute Gasteiger partial charge is 0.112 e. The molecule has 4 heteroatoms. The molecule has 1 aromatic rings. The Morgan fingerprint density at radius 3 is 3.06 bits per heavy atom. The van der Waals surface area contributed by atoms with Gasteiger partial charge in [-0.15, -0.1) is 11.3 Å². The summed E-state index contributed by atoms with van der Waals surface area (Å²) in [6.07, 6.45) is 8.53. The highest BCUT2D eigenvalue weighted by Crippen LogP contribution is 2.22. The van der Waals surface area contributed by atoms with Crippen molar-refractivity contribution in [1.82, 2.24) is 15.6 Å². The maximum absolute atomic E-state index is 4.40. The molecule has 0 aromatic carbocycles. The van der Waals surface area contributed by atoms with E-state index in [9.17, 15) is 0 Å². The Hall–Kier alpha value is -0.450. The van der Waals surface area contributed by atoms with Gasteiger partial charge >= 0.3 is 0 Å². The second kappa shape index (κ2) is 6.64. The molecule has 1 unspecified atom stereocenters. The van der Waals surface area contributed by atoms with Crippen LogP contribution in [0, 0.1) is 0 Å². The van der Waals surface area contributed by atoms with Crippen LogP contribution in [0.4, 0.5) is 0 Å². The summed E-state index contributed by atoms with van der Waals surface area (Å²) in [6, 6.07) is 0.753. The summed E-state index contributed by atoms with van der Waals surface area (Å²) in [4.78, 5) is 4.40. The Balaban J connectivity index is 1.65. The van der Waals surface area contributed by atoms with Gasteiger partial charge in [-0.25, -0.2) is 4.98 Å². The molecule has 2 N–H and O–H groups in total. The molecule has 0 spiro atoms. The van der Waals surface area contributed by atoms with Crippen LogP contribution >= 0.6 is 11.3 Å². The fourth-order valence-electron chi connectivity index (χ4n) is 2.53. The first kappa shape index (κ1) is 14.0. The number of rotatable bonds is 6. The lowest BCUT2D eigenvalue weighted by Crippen LogP contribution is -2.38. The van der Waals surface area contributed by atoms with Crippen molar-refractivity contribution in [3.05, 3.63) is 16.6 Å². The summed E-state index contributed by atoms with van der Waals surface area (Å²) < 4.78 is 0. The molecule has 1 aliphatic rings. The normalized spacial score (nSPS) is 21.1. The molecule has 1 atom stereocenters. The second-order valence-electron chi connectivity index (χ2n) is 5.68. The summed E-state index contributed by atoms with van der Waals surface area (Å²) in [6.45, 7) is 6.71. The maximum atomic E-state index is 4.40. The van der Waals surface area contributed by atoms with E-state index in [1.807, 2.05) is 11.6 Å². The molecule has 0 radical (unpaired) electrons. The zero-order valence-electron chi connectivity index (χ0n) is 11.5. The maximum Gasteiger partial charge on any atom is 0.112 e. The molecule has 0 aliphatic carbocycles. The lowest BCUT2D eigenvalue weighted by molar-refractivity contribution is 0.351. The molecule has 1 saturated heterocycles. The number of hydrogen-bond donors (Lipinski definition) is 2. The van der Waals surface area contributed by atoms with Gasteiger partial charge in [-0.2, -0.15) is 0 Å². The van der Waals surface area contributed by atoms with Crippen LogP contribution in [0.15, 0.2) is 11.6 Å². The number of nitrogens with zero attached hydrogens (tertiary/aromatic N) is 1. The molecule has 1 fully saturated rings. The first-order chi connectivity index (χ1) is 8.68. The van der Waals surface area contributed by atoms with Gasteiger partial charge in [0.25, 0.3) is 0 Å². The van der Waals surface area contributed by atoms with Gasteiger partial charge in [0.2, 0.25) is 0 Å². The molecule has 1 aromatic heterocycles. The number of piperidine rings is 1. The third-order valence-electron chi connectivity index (χ3n) is 3.68. The van der Waals surface area contributed by atoms with Crippen molar-refractivity contribution in [3.8, 4) is 0 Å². The van der Waals surface area contributed by atoms with Crippen LogP contribution < -0.4 is 10.6 Å². The Kier molecular flexibility index (Phi) is 5.15. The first-order valence-electron chi connectivity index (χ1n) is 7.07. The average molecular weight is 267 g/mol. The summed E-state index contributed by atoms with van der Waals surface area (Å²) in [5.74, 6) is 0. The van der Waals surface area contributed by atoms with Gasteiger partial charge in [0, 0.05) is 17.6 Å². The highest BCUT2D eigenvalue weighted by molar-refractivity contribution is 7.09. The zero-order valence-corrected chi connectivity index (χ0v) is 12.4. The number of thiazole rings is 1. The monoisotopic (exact) mass is 267 g/mol. The molecule has 0 bridgehead atoms. The molecular weight excluding hydrogens is 242 g/mol. The van der Waals surface area contributed by atoms with Gasteiger partial charge in [-0.1, -0.05) is 6.42 Å². The second-order valence-corrected chi connectivity index (χ2v) is 6.57. The van der Waals surface area contributed by atoms with Gasteiger partial charge in [-0.3, -0.25) is 0 Å². The fraction of sp³-hybridized carbons (Fsp3) is 0.786. The molecular formula is C14H25N3S. The summed E-state index contributed by atoms with van der Waals surface area (Å²) in [5.41, 5.74) is 0.00810. The SMILES string of the molecule is CC(C)(NCCCC1CCCCN1)c1nccs1. The van der Waals surface area contributed by atoms with Crippen LogP contribution in [-0.2, 0) is 5.54 Å². The molecule has 3 nitrogen and oxygen atoms in total. The minimum atomic E-state index is 0.00810. The summed E-state index contributed by atoms with van der Waals surface area (Å²) in [5, 5.41) is 10.5. The highest BCUT2D eigenvalue weighted by Gasteiger charge is 2.22. The first-order valence-corrected chi connectivity index (χ1v) is 7.95. The fourth-order valence-corrected chi connectivity index (χ4v) is 3.27. The van der Waals surface area contributed by atoms with Crippen LogP contribution in [0.3, 0.4) is 0 Å². The van der Waals surface area contributed by atoms with Crippen molar-refractivity contribution in [1.29, 1.82) is 0 Å². The average Bonchev–Trinajstić information content (AvgIpc) is 2.91. The molecule has 1 aliphatic heterocycles. The third kappa shape index (κ3) is 4.04. The molecule has 2 heterocycles. The number of aromatic nitrogens is 1. The Morgan fingerprint density at radius 1 is 1.50 bits per heavy atom. The predicted octanol–water partition coefficient (Wildman–Crippen LogP) is 2.89. The van der Waals surface area contributed by atoms with E-state index in [-0.39, 0.29) is 5.54 Å². The van der Waals surface area contributed by atoms with Crippen molar-refractivity contribution in [2.75, 3.05) is 13.1 Å². The van der Waals surface area contributed by atoms with Crippen LogP contribution in [0.5, 0.6) is 0 Å². The van der Waals surface area contributed by atoms with E-state index in [0.717, 1.165) is 12.6 Å². The van der Waals surface area contributed by atoms with Gasteiger partial charge < -0.3 is 10.6 Å². The largest absolute Gasteiger partial charge is 0.314 e. The Bertz CT molecular complexity index is 329. The van der Waals surface area contributed by atoms with E-state index in [0.29, 0.717) is 0 Å². The van der Waals surface area contributed by atoms with Gasteiger partial charge in [0.1, 0.15) is 5.01 Å². The van der Waals surface area contributed by atoms with Crippen LogP contribution in [0.2, 0.25) is 0 Å². The molecule has 102 valence electrons. The minimum absolute atomic E-state index is 0.00810. The van der Waals surface area contributed by atoms with Crippen molar-refractivity contribution >= 4 is 11.3 Å². The summed E-state index contributed by atoms with van der Waals surface area (Å²) >= 11 is 1.73. The number of hydrogen-bond acceptors (Lipinski definition) is 4. The molecule has 18 heavy (non-hydrogen) atoms. The van der Waals surface area contributed by atoms with Crippen LogP contribution in [0.25, 0.3) is 0 Å². The van der Waals surface area contributed by atoms with Crippen LogP contribution in [0.1, 0.15) is 51.0 Å². The zero-order chi connectivity index (χ0) is 12.8. The molecule has 0 amide bonds. The Morgan fingerprint density at radius 2 is 2.39 bits per heavy atom. The lowest BCUT2D eigenvalue weighted by Gasteiger charge is -2.26. The van der Waals surface area contributed by atoms with E-state index in [4.69, 9.17) is 0 Å². The lowest BCUT2D eigenvalue weighted by atomic mass is 10.00. The van der Waals surface area contributed by atoms with Crippen molar-refractivity contribution < 1.29 is 0 Å². The van der Waals surface area contributed by atoms with E-state index in [2.05, 4.69) is 29.5 Å². The molecule has 2 rings (SSSR count). The van der Waals surface area contributed by atoms with Gasteiger partial charge in [0.05, 0.1) is 5.54 Å². The van der Waals surface area contributed by atoms with Crippen molar-refractivity contribution in [3.63, 3.8) is 0 Å². The van der Waals surface area contributed by atoms with E-state index >= 15 is 0 Å². The van der Waals surface area contributed by atoms with E-state index in [1.165, 1.54) is 43.7 Å².